The lowest BCUT2D eigenvalue weighted by atomic mass is 10.1. The summed E-state index contributed by atoms with van der Waals surface area (Å²) in [5.74, 6) is 0.999. The number of methoxy groups -OCH3 is 2. The molecule has 0 aliphatic carbocycles. The van der Waals surface area contributed by atoms with Crippen LogP contribution in [0.3, 0.4) is 0 Å². The van der Waals surface area contributed by atoms with Crippen molar-refractivity contribution in [3.8, 4) is 11.5 Å². The first-order valence-corrected chi connectivity index (χ1v) is 10.6. The van der Waals surface area contributed by atoms with Crippen molar-refractivity contribution in [2.45, 2.75) is 13.5 Å². The number of carbonyl (C=O) groups excluding carboxylic acids is 1. The van der Waals surface area contributed by atoms with Gasteiger partial charge < -0.3 is 29.2 Å². The minimum atomic E-state index is -0.356. The molecular weight excluding hydrogens is 452 g/mol. The highest BCUT2D eigenvalue weighted by Crippen LogP contribution is 2.37. The van der Waals surface area contributed by atoms with Crippen LogP contribution in [0.4, 0.5) is 11.4 Å². The molecule has 0 saturated carbocycles. The first-order valence-electron chi connectivity index (χ1n) is 9.85. The second-order valence-corrected chi connectivity index (χ2v) is 7.57. The van der Waals surface area contributed by atoms with Gasteiger partial charge in [-0.15, -0.1) is 0 Å². The Morgan fingerprint density at radius 2 is 1.97 bits per heavy atom. The van der Waals surface area contributed by atoms with Gasteiger partial charge in [0.15, 0.2) is 11.5 Å². The Morgan fingerprint density at radius 3 is 2.63 bits per heavy atom. The van der Waals surface area contributed by atoms with Crippen LogP contribution in [0.5, 0.6) is 11.5 Å². The van der Waals surface area contributed by atoms with Crippen molar-refractivity contribution >= 4 is 33.3 Å². The van der Waals surface area contributed by atoms with Crippen LogP contribution in [0, 0.1) is 0 Å². The molecule has 1 saturated heterocycles. The number of ether oxygens (including phenoxy) is 4. The van der Waals surface area contributed by atoms with Crippen LogP contribution in [0.25, 0.3) is 0 Å². The first kappa shape index (κ1) is 22.2. The topological polar surface area (TPSA) is 69.3 Å². The van der Waals surface area contributed by atoms with Crippen molar-refractivity contribution in [2.75, 3.05) is 57.3 Å². The number of hydrogen-bond donors (Lipinski definition) is 1. The number of halogens is 1. The van der Waals surface area contributed by atoms with E-state index in [0.717, 1.165) is 34.5 Å². The highest BCUT2D eigenvalue weighted by Gasteiger charge is 2.20. The van der Waals surface area contributed by atoms with Gasteiger partial charge in [-0.1, -0.05) is 0 Å². The number of morpholine rings is 1. The molecule has 2 aromatic carbocycles. The van der Waals surface area contributed by atoms with E-state index in [-0.39, 0.29) is 5.97 Å². The number of nitrogens with zero attached hydrogens (tertiary/aromatic N) is 1. The van der Waals surface area contributed by atoms with Gasteiger partial charge >= 0.3 is 5.97 Å². The molecule has 7 nitrogen and oxygen atoms in total. The van der Waals surface area contributed by atoms with E-state index in [1.54, 1.807) is 7.11 Å². The largest absolute Gasteiger partial charge is 0.492 e. The van der Waals surface area contributed by atoms with E-state index in [2.05, 4.69) is 26.1 Å². The summed E-state index contributed by atoms with van der Waals surface area (Å²) in [7, 11) is 3.01. The fourth-order valence-corrected chi connectivity index (χ4v) is 4.04. The van der Waals surface area contributed by atoms with Gasteiger partial charge in [-0.25, -0.2) is 4.79 Å². The predicted molar refractivity (Wildman–Crippen MR) is 120 cm³/mol. The molecular formula is C22H27BrN2O5. The van der Waals surface area contributed by atoms with Crippen molar-refractivity contribution < 1.29 is 23.7 Å². The number of benzene rings is 2. The molecule has 0 amide bonds. The molecule has 1 fully saturated rings. The molecule has 1 N–H and O–H groups in total. The Labute approximate surface area is 185 Å². The molecule has 162 valence electrons. The number of esters is 1. The van der Waals surface area contributed by atoms with Crippen LogP contribution in [0.15, 0.2) is 34.8 Å². The minimum absolute atomic E-state index is 0.356. The van der Waals surface area contributed by atoms with Gasteiger partial charge in [-0.2, -0.15) is 0 Å². The van der Waals surface area contributed by atoms with Gasteiger partial charge in [-0.3, -0.25) is 0 Å². The highest BCUT2D eigenvalue weighted by atomic mass is 79.9. The van der Waals surface area contributed by atoms with Gasteiger partial charge in [0.05, 0.1) is 49.8 Å². The Morgan fingerprint density at radius 1 is 1.20 bits per heavy atom. The molecule has 0 radical (unpaired) electrons. The molecule has 0 bridgehead atoms. The maximum absolute atomic E-state index is 12.4. The predicted octanol–water partition coefficient (Wildman–Crippen LogP) is 4.09. The van der Waals surface area contributed by atoms with Crippen LogP contribution >= 0.6 is 15.9 Å². The molecule has 3 rings (SSSR count). The van der Waals surface area contributed by atoms with Crippen molar-refractivity contribution in [3.63, 3.8) is 0 Å². The van der Waals surface area contributed by atoms with E-state index in [1.807, 2.05) is 37.3 Å². The summed E-state index contributed by atoms with van der Waals surface area (Å²) in [6.07, 6.45) is 0. The first-order chi connectivity index (χ1) is 14.6. The van der Waals surface area contributed by atoms with E-state index < -0.39 is 0 Å². The van der Waals surface area contributed by atoms with E-state index in [9.17, 15) is 4.79 Å². The van der Waals surface area contributed by atoms with E-state index in [4.69, 9.17) is 18.9 Å². The average Bonchev–Trinajstić information content (AvgIpc) is 2.77. The summed E-state index contributed by atoms with van der Waals surface area (Å²) in [5, 5.41) is 3.38. The third-order valence-corrected chi connectivity index (χ3v) is 5.41. The van der Waals surface area contributed by atoms with Crippen LogP contribution in [-0.4, -0.2) is 53.1 Å². The quantitative estimate of drug-likeness (QED) is 0.572. The summed E-state index contributed by atoms with van der Waals surface area (Å²) in [4.78, 5) is 14.5. The summed E-state index contributed by atoms with van der Waals surface area (Å²) in [5.41, 5.74) is 3.25. The Kier molecular flexibility index (Phi) is 7.81. The second-order valence-electron chi connectivity index (χ2n) is 6.72. The van der Waals surface area contributed by atoms with Crippen molar-refractivity contribution in [2.24, 2.45) is 0 Å². The maximum Gasteiger partial charge on any atom is 0.340 e. The van der Waals surface area contributed by atoms with Crippen LogP contribution in [-0.2, 0) is 16.0 Å². The average molecular weight is 479 g/mol. The van der Waals surface area contributed by atoms with Gasteiger partial charge in [0.25, 0.3) is 0 Å². The fraction of sp³-hybridized carbons (Fsp3) is 0.409. The van der Waals surface area contributed by atoms with Gasteiger partial charge in [0, 0.05) is 25.3 Å². The van der Waals surface area contributed by atoms with Gasteiger partial charge in [-0.05, 0) is 58.7 Å². The zero-order valence-corrected chi connectivity index (χ0v) is 19.1. The van der Waals surface area contributed by atoms with Crippen LogP contribution < -0.4 is 19.7 Å². The molecule has 1 aliphatic rings. The SMILES string of the molecule is CCOc1cc(CNc2ccc(N3CCOCC3)c(C(=O)OC)c2)cc(Br)c1OC. The van der Waals surface area contributed by atoms with Crippen molar-refractivity contribution in [1.29, 1.82) is 0 Å². The zero-order chi connectivity index (χ0) is 21.5. The summed E-state index contributed by atoms with van der Waals surface area (Å²) in [6, 6.07) is 9.69. The van der Waals surface area contributed by atoms with Crippen molar-refractivity contribution in [3.05, 3.63) is 45.9 Å². The number of anilines is 2. The lowest BCUT2D eigenvalue weighted by molar-refractivity contribution is 0.0600. The summed E-state index contributed by atoms with van der Waals surface area (Å²) >= 11 is 3.54. The van der Waals surface area contributed by atoms with E-state index >= 15 is 0 Å². The molecule has 8 heteroatoms. The van der Waals surface area contributed by atoms with Gasteiger partial charge in [0.1, 0.15) is 0 Å². The molecule has 1 heterocycles. The Hall–Kier alpha value is -2.45. The molecule has 1 aliphatic heterocycles. The van der Waals surface area contributed by atoms with E-state index in [1.165, 1.54) is 7.11 Å². The molecule has 2 aromatic rings. The normalized spacial score (nSPS) is 13.7. The number of nitrogens with one attached hydrogen (secondary N) is 1. The summed E-state index contributed by atoms with van der Waals surface area (Å²) < 4.78 is 22.4. The van der Waals surface area contributed by atoms with Gasteiger partial charge in [0.2, 0.25) is 0 Å². The molecule has 0 aromatic heterocycles. The fourth-order valence-electron chi connectivity index (χ4n) is 3.39. The second kappa shape index (κ2) is 10.5. The lowest BCUT2D eigenvalue weighted by Gasteiger charge is -2.30. The van der Waals surface area contributed by atoms with Crippen molar-refractivity contribution in [1.82, 2.24) is 0 Å². The third kappa shape index (κ3) is 5.17. The highest BCUT2D eigenvalue weighted by molar-refractivity contribution is 9.10. The molecule has 0 spiro atoms. The standard InChI is InChI=1S/C22H27BrN2O5/c1-4-30-20-12-15(11-18(23)21(20)27-2)14-24-16-5-6-19(17(13-16)22(26)28-3)25-7-9-29-10-8-25/h5-6,11-13,24H,4,7-10,14H2,1-3H3. The van der Waals surface area contributed by atoms with Crippen LogP contribution in [0.1, 0.15) is 22.8 Å². The minimum Gasteiger partial charge on any atom is -0.492 e. The monoisotopic (exact) mass is 478 g/mol. The van der Waals surface area contributed by atoms with E-state index in [0.29, 0.717) is 43.4 Å². The molecule has 30 heavy (non-hydrogen) atoms. The smallest absolute Gasteiger partial charge is 0.340 e. The van der Waals surface area contributed by atoms with Crippen LogP contribution in [0.2, 0.25) is 0 Å². The number of rotatable bonds is 8. The number of hydrogen-bond acceptors (Lipinski definition) is 7. The third-order valence-electron chi connectivity index (χ3n) is 4.82. The number of carbonyl (C=O) groups is 1. The molecule has 0 atom stereocenters. The summed E-state index contributed by atoms with van der Waals surface area (Å²) in [6.45, 7) is 5.83. The maximum atomic E-state index is 12.4. The zero-order valence-electron chi connectivity index (χ0n) is 17.5. The Balaban J connectivity index is 1.81. The molecule has 0 unspecified atom stereocenters. The lowest BCUT2D eigenvalue weighted by Crippen LogP contribution is -2.37. The Bertz CT molecular complexity index is 884.